The van der Waals surface area contributed by atoms with E-state index in [1.54, 1.807) is 0 Å². The van der Waals surface area contributed by atoms with Crippen molar-refractivity contribution < 1.29 is 5.11 Å². The topological polar surface area (TPSA) is 36.4 Å². The molecule has 0 unspecified atom stereocenters. The molecular weight excluding hydrogens is 332 g/mol. The summed E-state index contributed by atoms with van der Waals surface area (Å²) in [5.74, 6) is 0. The molecule has 0 saturated heterocycles. The highest BCUT2D eigenvalue weighted by Gasteiger charge is 2.23. The smallest absolute Gasteiger partial charge is 0.0583 e. The number of aromatic nitrogens is 1. The largest absolute Gasteiger partial charge is 0.396 e. The maximum absolute atomic E-state index is 9.74. The van der Waals surface area contributed by atoms with Gasteiger partial charge in [0.1, 0.15) is 0 Å². The molecule has 27 heavy (non-hydrogen) atoms. The average Bonchev–Trinajstić information content (AvgIpc) is 2.72. The molecule has 0 spiro atoms. The van der Waals surface area contributed by atoms with Gasteiger partial charge in [-0.25, -0.2) is 0 Å². The van der Waals surface area contributed by atoms with Gasteiger partial charge in [-0.3, -0.25) is 4.98 Å². The van der Waals surface area contributed by atoms with Gasteiger partial charge in [0.15, 0.2) is 0 Å². The third kappa shape index (κ3) is 4.83. The van der Waals surface area contributed by atoms with Crippen LogP contribution in [0, 0.1) is 6.92 Å². The first-order chi connectivity index (χ1) is 13.2. The molecule has 3 aromatic rings. The summed E-state index contributed by atoms with van der Waals surface area (Å²) in [6.45, 7) is 7.19. The molecule has 1 aromatic heterocycles. The molecule has 1 atom stereocenters. The third-order valence-electron chi connectivity index (χ3n) is 4.75. The molecule has 2 aromatic carbocycles. The highest BCUT2D eigenvalue weighted by Crippen LogP contribution is 2.33. The van der Waals surface area contributed by atoms with Crippen LogP contribution in [-0.4, -0.2) is 21.6 Å². The number of nitrogens with zero attached hydrogens (tertiary/aromatic N) is 2. The van der Waals surface area contributed by atoms with E-state index in [1.807, 2.05) is 55.6 Å². The van der Waals surface area contributed by atoms with Crippen molar-refractivity contribution in [2.24, 2.45) is 0 Å². The van der Waals surface area contributed by atoms with Crippen LogP contribution in [0.2, 0.25) is 0 Å². The minimum absolute atomic E-state index is 0.00369. The number of aryl methyl sites for hydroxylation is 1. The van der Waals surface area contributed by atoms with Gasteiger partial charge < -0.3 is 10.0 Å². The second kappa shape index (κ2) is 9.15. The van der Waals surface area contributed by atoms with Crippen LogP contribution in [0.15, 0.2) is 85.6 Å². The molecular formula is C24H26N2O. The number of hydrogen-bond acceptors (Lipinski definition) is 3. The Morgan fingerprint density at radius 2 is 1.67 bits per heavy atom. The number of benzene rings is 2. The van der Waals surface area contributed by atoms with E-state index in [0.29, 0.717) is 13.0 Å². The molecule has 0 bridgehead atoms. The molecule has 3 rings (SSSR count). The van der Waals surface area contributed by atoms with Crippen molar-refractivity contribution >= 4 is 5.70 Å². The van der Waals surface area contributed by atoms with Gasteiger partial charge >= 0.3 is 0 Å². The van der Waals surface area contributed by atoms with Crippen LogP contribution in [0.3, 0.4) is 0 Å². The quantitative estimate of drug-likeness (QED) is 0.616. The van der Waals surface area contributed by atoms with Gasteiger partial charge in [-0.1, -0.05) is 73.3 Å². The molecule has 1 N–H and O–H groups in total. The van der Waals surface area contributed by atoms with E-state index in [0.717, 1.165) is 22.5 Å². The third-order valence-corrected chi connectivity index (χ3v) is 4.75. The van der Waals surface area contributed by atoms with E-state index >= 15 is 0 Å². The lowest BCUT2D eigenvalue weighted by Crippen LogP contribution is -2.28. The van der Waals surface area contributed by atoms with Crippen LogP contribution >= 0.6 is 0 Å². The second-order valence-corrected chi connectivity index (χ2v) is 6.69. The normalized spacial score (nSPS) is 11.8. The number of hydrogen-bond donors (Lipinski definition) is 1. The first-order valence-corrected chi connectivity index (χ1v) is 9.27. The Morgan fingerprint density at radius 3 is 2.26 bits per heavy atom. The Labute approximate surface area is 161 Å². The molecule has 1 heterocycles. The summed E-state index contributed by atoms with van der Waals surface area (Å²) in [6, 6.07) is 24.7. The first kappa shape index (κ1) is 18.9. The minimum atomic E-state index is -0.00369. The van der Waals surface area contributed by atoms with Gasteiger partial charge in [0.25, 0.3) is 0 Å². The van der Waals surface area contributed by atoms with Crippen molar-refractivity contribution in [1.29, 1.82) is 0 Å². The Kier molecular flexibility index (Phi) is 6.39. The summed E-state index contributed by atoms with van der Waals surface area (Å²) in [7, 11) is 0. The zero-order chi connectivity index (χ0) is 19.1. The van der Waals surface area contributed by atoms with Crippen molar-refractivity contribution in [1.82, 2.24) is 9.88 Å². The SMILES string of the molecule is C=C(c1ccccc1)N(Cc1ccccc1)[C@H](CCO)c1ccc(C)nc1. The van der Waals surface area contributed by atoms with Crippen LogP contribution < -0.4 is 0 Å². The van der Waals surface area contributed by atoms with E-state index in [-0.39, 0.29) is 12.6 Å². The van der Waals surface area contributed by atoms with Crippen molar-refractivity contribution in [2.45, 2.75) is 25.9 Å². The van der Waals surface area contributed by atoms with Crippen LogP contribution in [-0.2, 0) is 6.54 Å². The van der Waals surface area contributed by atoms with Gasteiger partial charge in [0.2, 0.25) is 0 Å². The lowest BCUT2D eigenvalue weighted by molar-refractivity contribution is 0.208. The molecule has 0 radical (unpaired) electrons. The van der Waals surface area contributed by atoms with Crippen molar-refractivity contribution in [3.05, 3.63) is 108 Å². The number of pyridine rings is 1. The lowest BCUT2D eigenvalue weighted by Gasteiger charge is -2.35. The monoisotopic (exact) mass is 358 g/mol. The summed E-state index contributed by atoms with van der Waals surface area (Å²) in [6.07, 6.45) is 2.52. The zero-order valence-corrected chi connectivity index (χ0v) is 15.8. The summed E-state index contributed by atoms with van der Waals surface area (Å²) in [5, 5.41) is 9.74. The highest BCUT2D eigenvalue weighted by molar-refractivity contribution is 5.62. The summed E-state index contributed by atoms with van der Waals surface area (Å²) in [4.78, 5) is 6.74. The first-order valence-electron chi connectivity index (χ1n) is 9.27. The van der Waals surface area contributed by atoms with Crippen LogP contribution in [0.4, 0.5) is 0 Å². The standard InChI is InChI=1S/C24H26N2O/c1-19-13-14-23(17-25-19)24(15-16-27)26(18-21-9-5-3-6-10-21)20(2)22-11-7-4-8-12-22/h3-14,17,24,27H,2,15-16,18H2,1H3/t24-/m1/s1. The summed E-state index contributed by atoms with van der Waals surface area (Å²) < 4.78 is 0. The molecule has 138 valence electrons. The maximum Gasteiger partial charge on any atom is 0.0583 e. The molecule has 0 amide bonds. The number of aliphatic hydroxyl groups excluding tert-OH is 1. The Balaban J connectivity index is 1.99. The Bertz CT molecular complexity index is 845. The molecule has 3 nitrogen and oxygen atoms in total. The van der Waals surface area contributed by atoms with Crippen LogP contribution in [0.1, 0.15) is 34.8 Å². The van der Waals surface area contributed by atoms with Gasteiger partial charge in [0.05, 0.1) is 6.04 Å². The fraction of sp³-hybridized carbons (Fsp3) is 0.208. The van der Waals surface area contributed by atoms with Crippen LogP contribution in [0.5, 0.6) is 0 Å². The molecule has 0 aliphatic rings. The predicted octanol–water partition coefficient (Wildman–Crippen LogP) is 4.99. The summed E-state index contributed by atoms with van der Waals surface area (Å²) in [5.41, 5.74) is 5.30. The fourth-order valence-electron chi connectivity index (χ4n) is 3.27. The Hall–Kier alpha value is -2.91. The minimum Gasteiger partial charge on any atom is -0.396 e. The number of aliphatic hydroxyl groups is 1. The van der Waals surface area contributed by atoms with E-state index in [4.69, 9.17) is 0 Å². The molecule has 0 aliphatic heterocycles. The Morgan fingerprint density at radius 1 is 1.00 bits per heavy atom. The molecule has 0 fully saturated rings. The van der Waals surface area contributed by atoms with E-state index in [9.17, 15) is 5.11 Å². The van der Waals surface area contributed by atoms with Gasteiger partial charge in [-0.15, -0.1) is 0 Å². The zero-order valence-electron chi connectivity index (χ0n) is 15.8. The van der Waals surface area contributed by atoms with E-state index < -0.39 is 0 Å². The maximum atomic E-state index is 9.74. The predicted molar refractivity (Wildman–Crippen MR) is 111 cm³/mol. The molecule has 0 saturated carbocycles. The van der Waals surface area contributed by atoms with Gasteiger partial charge in [-0.2, -0.15) is 0 Å². The lowest BCUT2D eigenvalue weighted by atomic mass is 10.00. The highest BCUT2D eigenvalue weighted by atomic mass is 16.3. The van der Waals surface area contributed by atoms with Crippen molar-refractivity contribution in [2.75, 3.05) is 6.61 Å². The fourth-order valence-corrected chi connectivity index (χ4v) is 3.27. The van der Waals surface area contributed by atoms with E-state index in [2.05, 4.69) is 46.8 Å². The second-order valence-electron chi connectivity index (χ2n) is 6.69. The molecule has 3 heteroatoms. The van der Waals surface area contributed by atoms with Gasteiger partial charge in [0, 0.05) is 30.7 Å². The summed E-state index contributed by atoms with van der Waals surface area (Å²) >= 11 is 0. The molecule has 0 aliphatic carbocycles. The average molecular weight is 358 g/mol. The van der Waals surface area contributed by atoms with Crippen molar-refractivity contribution in [3.63, 3.8) is 0 Å². The van der Waals surface area contributed by atoms with Crippen LogP contribution in [0.25, 0.3) is 5.70 Å². The van der Waals surface area contributed by atoms with E-state index in [1.165, 1.54) is 5.56 Å². The van der Waals surface area contributed by atoms with Gasteiger partial charge in [-0.05, 0) is 36.1 Å². The van der Waals surface area contributed by atoms with Crippen molar-refractivity contribution in [3.8, 4) is 0 Å². The number of rotatable bonds is 8.